The molecule has 6 aliphatic heterocycles. The van der Waals surface area contributed by atoms with Gasteiger partial charge in [0.25, 0.3) is 0 Å². The predicted octanol–water partition coefficient (Wildman–Crippen LogP) is 22.3. The third kappa shape index (κ3) is 30.8. The van der Waals surface area contributed by atoms with Crippen LogP contribution in [0, 0.1) is 35.5 Å². The van der Waals surface area contributed by atoms with E-state index < -0.39 is 16.8 Å². The highest BCUT2D eigenvalue weighted by Gasteiger charge is 2.38. The Bertz CT molecular complexity index is 4890. The average Bonchev–Trinajstić information content (AvgIpc) is 1.79. The standard InChI is InChI=1S/C22H31N3O2.C22H29N3O2.C17H23N3.C17H21N3.C15H25N3O2.C10H17N3/c2*1-5-17-11-12-20(25(15-17)21(26)27-22(2,3)4)19-13-23-24(16-19)14-18-9-7-6-8-10-18;2*1-2-14-8-9-17(18-10-14)16-11-19-20(13-16)12-15-6-4-3-5-7-15;1-5-11-6-7-13(12-8-16-17-9-12)18(10-11)14(19)20-15(2,3)4;1-2-8-3-4-10(11-5-8)9-6-12-13-7-9/h6-10,13,16-17,20H,5,11-12,14-15H2,1-4H3;6-10,12-13,16-17H,5,11,14-15H2,1-4H3;3-7,11,13-14,17-18H,2,8-10,12H2,1H3;3-7,11,13-14H,2,8-10,12H2,1H3;8-9,11,13H,5-7,10H2,1-4H3,(H,16,17);6-8,10-11H,2-5H2,1H3,(H,12,13)/t17-,20+;;14-,17+;;11-,13+;8-,10+/m1.1.11/s1. The second-order valence-electron chi connectivity index (χ2n) is 38.2. The minimum atomic E-state index is -0.515. The smallest absolute Gasteiger partial charge is 0.414 e. The Balaban J connectivity index is 0.000000150. The first kappa shape index (κ1) is 96.9. The SMILES string of the molecule is CCC1CC=C(c2cnn(Cc3ccccc3)c2)N(C(=O)OC(C)(C)C)C1.CCC1CCC(c2cnn(Cc3ccccc3)c2)=NC1.CC[C@@H]1CC[C@@H](c2cn[nH]c2)N(C(=O)OC(C)(C)C)C1.CC[C@@H]1CC[C@@H](c2cn[nH]c2)NC1.CC[C@@H]1CC[C@@H](c2cnn(Cc3ccccc3)c2)N(C(=O)OC(C)(C)C)C1.CC[C@@H]1CC[C@@H](c2cnn(Cc3ccccc3)c2)NC1. The Morgan fingerprint density at radius 3 is 1.18 bits per heavy atom. The van der Waals surface area contributed by atoms with Gasteiger partial charge in [0.05, 0.1) is 81.1 Å². The number of piperidine rings is 4. The lowest BCUT2D eigenvalue weighted by atomic mass is 9.89. The highest BCUT2D eigenvalue weighted by Crippen LogP contribution is 2.39. The van der Waals surface area contributed by atoms with Crippen LogP contribution in [0.5, 0.6) is 0 Å². The molecule has 684 valence electrons. The quantitative estimate of drug-likeness (QED) is 0.0518. The molecular weight excluding hydrogens is 1590 g/mol. The van der Waals surface area contributed by atoms with E-state index in [1.807, 2.05) is 189 Å². The summed E-state index contributed by atoms with van der Waals surface area (Å²) in [7, 11) is 0. The van der Waals surface area contributed by atoms with Crippen LogP contribution in [0.4, 0.5) is 14.4 Å². The van der Waals surface area contributed by atoms with Crippen LogP contribution in [0.3, 0.4) is 0 Å². The van der Waals surface area contributed by atoms with Crippen molar-refractivity contribution in [2.24, 2.45) is 40.5 Å². The minimum absolute atomic E-state index is 0.0344. The summed E-state index contributed by atoms with van der Waals surface area (Å²) in [6, 6.07) is 42.6. The molecule has 127 heavy (non-hydrogen) atoms. The topological polar surface area (TPSA) is 254 Å². The number of amides is 3. The maximum Gasteiger partial charge on any atom is 0.414 e. The number of allylic oxidation sites excluding steroid dienone is 1. The van der Waals surface area contributed by atoms with E-state index in [1.165, 1.54) is 96.0 Å². The van der Waals surface area contributed by atoms with Crippen molar-refractivity contribution in [1.29, 1.82) is 0 Å². The molecule has 10 atom stereocenters. The third-order valence-corrected chi connectivity index (χ3v) is 25.0. The van der Waals surface area contributed by atoms with Gasteiger partial charge in [-0.15, -0.1) is 0 Å². The molecule has 0 radical (unpaired) electrons. The second-order valence-corrected chi connectivity index (χ2v) is 38.2. The number of likely N-dealkylation sites (tertiary alicyclic amines) is 2. The molecule has 4 N–H and O–H groups in total. The van der Waals surface area contributed by atoms with Crippen molar-refractivity contribution in [2.45, 2.75) is 280 Å². The lowest BCUT2D eigenvalue weighted by Gasteiger charge is -2.39. The molecule has 4 aromatic carbocycles. The van der Waals surface area contributed by atoms with Gasteiger partial charge in [0.2, 0.25) is 0 Å². The van der Waals surface area contributed by atoms with Gasteiger partial charge in [0.15, 0.2) is 0 Å². The second kappa shape index (κ2) is 47.9. The molecule has 3 amide bonds. The van der Waals surface area contributed by atoms with E-state index in [-0.39, 0.29) is 30.4 Å². The number of ether oxygens (including phenoxy) is 3. The normalized spacial score (nSPS) is 21.4. The fourth-order valence-corrected chi connectivity index (χ4v) is 17.2. The number of nitrogens with zero attached hydrogens (tertiary/aromatic N) is 14. The maximum atomic E-state index is 12.8. The van der Waals surface area contributed by atoms with Crippen LogP contribution < -0.4 is 10.6 Å². The minimum Gasteiger partial charge on any atom is -0.444 e. The molecule has 6 aliphatic rings. The number of carbonyl (C=O) groups excluding carboxylic acids is 3. The van der Waals surface area contributed by atoms with Crippen molar-refractivity contribution in [3.8, 4) is 0 Å². The summed E-state index contributed by atoms with van der Waals surface area (Å²) in [6.45, 7) is 39.1. The van der Waals surface area contributed by atoms with Crippen LogP contribution in [-0.2, 0) is 40.4 Å². The van der Waals surface area contributed by atoms with Crippen LogP contribution >= 0.6 is 0 Å². The highest BCUT2D eigenvalue weighted by molar-refractivity contribution is 6.00. The molecule has 2 unspecified atom stereocenters. The summed E-state index contributed by atoms with van der Waals surface area (Å²) in [4.78, 5) is 48.4. The van der Waals surface area contributed by atoms with Crippen molar-refractivity contribution < 1.29 is 28.6 Å². The fraction of sp³-hybridized carbons (Fsp3) is 0.534. The van der Waals surface area contributed by atoms with Crippen LogP contribution in [-0.4, -0.2) is 154 Å². The largest absolute Gasteiger partial charge is 0.444 e. The summed E-state index contributed by atoms with van der Waals surface area (Å²) in [6.07, 6.45) is 44.8. The van der Waals surface area contributed by atoms with Crippen molar-refractivity contribution in [3.05, 3.63) is 257 Å². The number of carbonyl (C=O) groups is 3. The van der Waals surface area contributed by atoms with Crippen molar-refractivity contribution in [3.63, 3.8) is 0 Å². The number of hydrogen-bond acceptors (Lipinski definition) is 15. The number of nitrogens with one attached hydrogen (secondary N) is 4. The average molecular weight is 1730 g/mol. The lowest BCUT2D eigenvalue weighted by molar-refractivity contribution is 0.00130. The zero-order chi connectivity index (χ0) is 90.3. The molecule has 0 aliphatic carbocycles. The number of rotatable bonds is 20. The highest BCUT2D eigenvalue weighted by atomic mass is 16.6. The first-order chi connectivity index (χ1) is 61.2. The Morgan fingerprint density at radius 1 is 0.386 bits per heavy atom. The molecule has 4 fully saturated rings. The molecular formula is C103H146N18O6. The summed E-state index contributed by atoms with van der Waals surface area (Å²) in [5.41, 5.74) is 12.6. The van der Waals surface area contributed by atoms with E-state index in [4.69, 9.17) is 19.2 Å². The van der Waals surface area contributed by atoms with Gasteiger partial charge >= 0.3 is 18.3 Å². The fourth-order valence-electron chi connectivity index (χ4n) is 17.2. The van der Waals surface area contributed by atoms with E-state index in [2.05, 4.69) is 190 Å². The van der Waals surface area contributed by atoms with Crippen molar-refractivity contribution >= 4 is 29.7 Å². The van der Waals surface area contributed by atoms with E-state index in [0.717, 1.165) is 150 Å². The van der Waals surface area contributed by atoms with Gasteiger partial charge in [-0.25, -0.2) is 14.4 Å². The summed E-state index contributed by atoms with van der Waals surface area (Å²) in [5.74, 6) is 4.06. The first-order valence-corrected chi connectivity index (χ1v) is 47.1. The summed E-state index contributed by atoms with van der Waals surface area (Å²) >= 11 is 0. The lowest BCUT2D eigenvalue weighted by Crippen LogP contribution is -2.44. The summed E-state index contributed by atoms with van der Waals surface area (Å²) in [5, 5.41) is 38.9. The van der Waals surface area contributed by atoms with Gasteiger partial charge in [0, 0.05) is 115 Å². The van der Waals surface area contributed by atoms with E-state index >= 15 is 0 Å². The maximum absolute atomic E-state index is 12.8. The number of hydrogen-bond donors (Lipinski definition) is 4. The van der Waals surface area contributed by atoms with E-state index in [9.17, 15) is 14.4 Å². The van der Waals surface area contributed by atoms with Crippen LogP contribution in [0.25, 0.3) is 5.70 Å². The molecule has 6 aromatic heterocycles. The Labute approximate surface area is 756 Å². The summed E-state index contributed by atoms with van der Waals surface area (Å²) < 4.78 is 24.8. The molecule has 0 saturated carbocycles. The number of benzene rings is 4. The van der Waals surface area contributed by atoms with Crippen LogP contribution in [0.15, 0.2) is 207 Å². The molecule has 4 saturated heterocycles. The Morgan fingerprint density at radius 2 is 0.772 bits per heavy atom. The number of aliphatic imine (C=N–C) groups is 1. The van der Waals surface area contributed by atoms with E-state index in [0.29, 0.717) is 42.9 Å². The monoisotopic (exact) mass is 1730 g/mol. The van der Waals surface area contributed by atoms with Gasteiger partial charge in [-0.1, -0.05) is 207 Å². The van der Waals surface area contributed by atoms with Gasteiger partial charge in [-0.3, -0.25) is 38.8 Å². The zero-order valence-electron chi connectivity index (χ0n) is 78.6. The molecule has 10 aromatic rings. The Kier molecular flexibility index (Phi) is 36.6. The molecule has 12 heterocycles. The Hall–Kier alpha value is -10.7. The predicted molar refractivity (Wildman–Crippen MR) is 507 cm³/mol. The molecule has 24 heteroatoms. The number of aromatic nitrogens is 12. The van der Waals surface area contributed by atoms with Gasteiger partial charge in [0.1, 0.15) is 16.8 Å². The third-order valence-electron chi connectivity index (χ3n) is 25.0. The number of aromatic amines is 2. The first-order valence-electron chi connectivity index (χ1n) is 47.1. The van der Waals surface area contributed by atoms with Gasteiger partial charge in [-0.05, 0) is 204 Å². The molecule has 0 bridgehead atoms. The van der Waals surface area contributed by atoms with Gasteiger partial charge < -0.3 is 34.6 Å². The van der Waals surface area contributed by atoms with E-state index in [1.54, 1.807) is 11.1 Å². The van der Waals surface area contributed by atoms with Gasteiger partial charge in [-0.2, -0.15) is 30.6 Å². The number of H-pyrrole nitrogens is 2. The van der Waals surface area contributed by atoms with Crippen LogP contribution in [0.2, 0.25) is 0 Å². The van der Waals surface area contributed by atoms with Crippen molar-refractivity contribution in [2.75, 3.05) is 39.3 Å². The molecule has 24 nitrogen and oxygen atoms in total. The molecule has 16 rings (SSSR count). The van der Waals surface area contributed by atoms with Crippen molar-refractivity contribution in [1.82, 2.24) is 84.8 Å². The zero-order valence-corrected chi connectivity index (χ0v) is 78.6. The van der Waals surface area contributed by atoms with Crippen LogP contribution in [0.1, 0.15) is 293 Å². The molecule has 0 spiro atoms.